The van der Waals surface area contributed by atoms with Crippen LogP contribution in [0.5, 0.6) is 0 Å². The van der Waals surface area contributed by atoms with Crippen LogP contribution in [-0.2, 0) is 0 Å². The first kappa shape index (κ1) is 12.6. The van der Waals surface area contributed by atoms with Gasteiger partial charge in [0.2, 0.25) is 0 Å². The largest absolute Gasteiger partial charge is 0.329 e. The number of nitrogens with two attached hydrogens (primary N) is 1. The van der Waals surface area contributed by atoms with Gasteiger partial charge in [0.25, 0.3) is 0 Å². The van der Waals surface area contributed by atoms with Crippen molar-refractivity contribution in [3.05, 3.63) is 18.0 Å². The molecule has 0 bridgehead atoms. The van der Waals surface area contributed by atoms with E-state index in [0.29, 0.717) is 12.6 Å². The maximum Gasteiger partial charge on any atom is 0.0538 e. The fourth-order valence-corrected chi connectivity index (χ4v) is 2.13. The van der Waals surface area contributed by atoms with Crippen LogP contribution in [0.15, 0.2) is 12.4 Å². The van der Waals surface area contributed by atoms with Gasteiger partial charge in [0.05, 0.1) is 6.20 Å². The second-order valence-electron chi connectivity index (χ2n) is 5.52. The lowest BCUT2D eigenvalue weighted by atomic mass is 10.1. The first-order chi connectivity index (χ1) is 8.11. The third-order valence-corrected chi connectivity index (χ3v) is 3.69. The van der Waals surface area contributed by atoms with Gasteiger partial charge in [-0.15, -0.1) is 0 Å². The Balaban J connectivity index is 1.91. The van der Waals surface area contributed by atoms with Gasteiger partial charge < -0.3 is 11.1 Å². The zero-order chi connectivity index (χ0) is 12.4. The van der Waals surface area contributed by atoms with Crippen LogP contribution in [-0.4, -0.2) is 22.9 Å². The molecule has 3 atom stereocenters. The molecule has 96 valence electrons. The minimum atomic E-state index is 0.246. The fourth-order valence-electron chi connectivity index (χ4n) is 2.13. The van der Waals surface area contributed by atoms with Crippen LogP contribution in [0.2, 0.25) is 0 Å². The summed E-state index contributed by atoms with van der Waals surface area (Å²) < 4.78 is 1.99. The van der Waals surface area contributed by atoms with Gasteiger partial charge in [-0.1, -0.05) is 6.92 Å². The van der Waals surface area contributed by atoms with Crippen molar-refractivity contribution >= 4 is 0 Å². The van der Waals surface area contributed by atoms with Crippen molar-refractivity contribution in [3.63, 3.8) is 0 Å². The summed E-state index contributed by atoms with van der Waals surface area (Å²) in [5.41, 5.74) is 7.04. The maximum absolute atomic E-state index is 5.83. The van der Waals surface area contributed by atoms with E-state index >= 15 is 0 Å². The fraction of sp³-hybridized carbons (Fsp3) is 0.769. The third-order valence-electron chi connectivity index (χ3n) is 3.69. The number of nitrogens with one attached hydrogen (secondary N) is 1. The molecule has 1 aliphatic carbocycles. The summed E-state index contributed by atoms with van der Waals surface area (Å²) in [6.45, 7) is 8.28. The zero-order valence-electron chi connectivity index (χ0n) is 11.1. The van der Waals surface area contributed by atoms with E-state index in [2.05, 4.69) is 37.4 Å². The number of hydrogen-bond donors (Lipinski definition) is 2. The van der Waals surface area contributed by atoms with Crippen molar-refractivity contribution in [2.45, 2.75) is 39.3 Å². The van der Waals surface area contributed by atoms with Gasteiger partial charge in [0, 0.05) is 30.4 Å². The van der Waals surface area contributed by atoms with E-state index in [1.165, 1.54) is 12.0 Å². The summed E-state index contributed by atoms with van der Waals surface area (Å²) in [6, 6.07) is 0.654. The molecule has 0 saturated heterocycles. The molecule has 1 aromatic heterocycles. The summed E-state index contributed by atoms with van der Waals surface area (Å²) in [5, 5.41) is 7.92. The molecule has 1 fully saturated rings. The highest BCUT2D eigenvalue weighted by Crippen LogP contribution is 2.37. The molecule has 3 N–H and O–H groups in total. The summed E-state index contributed by atoms with van der Waals surface area (Å²) in [6.07, 6.45) is 5.39. The van der Waals surface area contributed by atoms with Gasteiger partial charge in [-0.05, 0) is 38.6 Å². The van der Waals surface area contributed by atoms with E-state index in [0.717, 1.165) is 18.4 Å². The first-order valence-corrected chi connectivity index (χ1v) is 6.59. The highest BCUT2D eigenvalue weighted by Gasteiger charge is 2.32. The minimum absolute atomic E-state index is 0.246. The molecule has 0 aromatic carbocycles. The van der Waals surface area contributed by atoms with Gasteiger partial charge in [-0.2, -0.15) is 5.10 Å². The summed E-state index contributed by atoms with van der Waals surface area (Å²) in [5.74, 6) is 1.74. The number of aromatic nitrogens is 2. The van der Waals surface area contributed by atoms with Gasteiger partial charge >= 0.3 is 0 Å². The monoisotopic (exact) mass is 236 g/mol. The topological polar surface area (TPSA) is 55.9 Å². The van der Waals surface area contributed by atoms with E-state index in [-0.39, 0.29) is 6.04 Å². The Labute approximate surface area is 104 Å². The van der Waals surface area contributed by atoms with Crippen LogP contribution in [0.25, 0.3) is 0 Å². The second-order valence-corrected chi connectivity index (χ2v) is 5.52. The molecule has 17 heavy (non-hydrogen) atoms. The number of nitrogens with zero attached hydrogens (tertiary/aromatic N) is 2. The van der Waals surface area contributed by atoms with Crippen molar-refractivity contribution in [1.82, 2.24) is 15.1 Å². The van der Waals surface area contributed by atoms with E-state index in [1.807, 2.05) is 10.9 Å². The summed E-state index contributed by atoms with van der Waals surface area (Å²) in [7, 11) is 0. The van der Waals surface area contributed by atoms with Crippen molar-refractivity contribution in [2.75, 3.05) is 13.1 Å². The Hall–Kier alpha value is -0.870. The quantitative estimate of drug-likeness (QED) is 0.790. The summed E-state index contributed by atoms with van der Waals surface area (Å²) >= 11 is 0. The third kappa shape index (κ3) is 3.07. The van der Waals surface area contributed by atoms with Gasteiger partial charge in [0.15, 0.2) is 0 Å². The van der Waals surface area contributed by atoms with Crippen molar-refractivity contribution in [2.24, 2.45) is 17.6 Å². The molecule has 0 aliphatic heterocycles. The smallest absolute Gasteiger partial charge is 0.0538 e. The molecule has 1 aliphatic rings. The SMILES string of the molecule is CC1CC1CNC(CN)c1cnn(C(C)C)c1. The second kappa shape index (κ2) is 5.19. The van der Waals surface area contributed by atoms with Crippen LogP contribution in [0.1, 0.15) is 44.8 Å². The summed E-state index contributed by atoms with van der Waals surface area (Å²) in [4.78, 5) is 0. The Morgan fingerprint density at radius 2 is 2.29 bits per heavy atom. The molecule has 0 radical (unpaired) electrons. The molecule has 2 rings (SSSR count). The molecular formula is C13H24N4. The van der Waals surface area contributed by atoms with Crippen LogP contribution in [0, 0.1) is 11.8 Å². The van der Waals surface area contributed by atoms with Crippen LogP contribution < -0.4 is 11.1 Å². The predicted octanol–water partition coefficient (Wildman–Crippen LogP) is 1.71. The van der Waals surface area contributed by atoms with Crippen molar-refractivity contribution in [1.29, 1.82) is 0 Å². The lowest BCUT2D eigenvalue weighted by Gasteiger charge is -2.15. The van der Waals surface area contributed by atoms with Gasteiger partial charge in [-0.3, -0.25) is 4.68 Å². The first-order valence-electron chi connectivity index (χ1n) is 6.59. The van der Waals surface area contributed by atoms with Crippen LogP contribution in [0.4, 0.5) is 0 Å². The molecule has 3 unspecified atom stereocenters. The molecule has 4 nitrogen and oxygen atoms in total. The Morgan fingerprint density at radius 3 is 2.76 bits per heavy atom. The van der Waals surface area contributed by atoms with Crippen molar-refractivity contribution in [3.8, 4) is 0 Å². The van der Waals surface area contributed by atoms with Crippen LogP contribution >= 0.6 is 0 Å². The van der Waals surface area contributed by atoms with Gasteiger partial charge in [-0.25, -0.2) is 0 Å². The lowest BCUT2D eigenvalue weighted by Crippen LogP contribution is -2.29. The Kier molecular flexibility index (Phi) is 3.84. The zero-order valence-corrected chi connectivity index (χ0v) is 11.1. The van der Waals surface area contributed by atoms with E-state index in [1.54, 1.807) is 0 Å². The van der Waals surface area contributed by atoms with E-state index in [9.17, 15) is 0 Å². The average Bonchev–Trinajstić information content (AvgIpc) is 2.81. The molecular weight excluding hydrogens is 212 g/mol. The average molecular weight is 236 g/mol. The lowest BCUT2D eigenvalue weighted by molar-refractivity contribution is 0.506. The maximum atomic E-state index is 5.83. The normalized spacial score (nSPS) is 25.2. The van der Waals surface area contributed by atoms with Crippen LogP contribution in [0.3, 0.4) is 0 Å². The number of rotatable bonds is 6. The molecule has 4 heteroatoms. The van der Waals surface area contributed by atoms with Crippen molar-refractivity contribution < 1.29 is 0 Å². The standard InChI is InChI=1S/C13H24N4/c1-9(2)17-8-12(7-16-17)13(5-14)15-6-11-4-10(11)3/h7-11,13,15H,4-6,14H2,1-3H3. The minimum Gasteiger partial charge on any atom is -0.329 e. The molecule has 0 spiro atoms. The Morgan fingerprint density at radius 1 is 1.59 bits per heavy atom. The van der Waals surface area contributed by atoms with E-state index in [4.69, 9.17) is 5.73 Å². The van der Waals surface area contributed by atoms with Gasteiger partial charge in [0.1, 0.15) is 0 Å². The molecule has 0 amide bonds. The highest BCUT2D eigenvalue weighted by atomic mass is 15.3. The van der Waals surface area contributed by atoms with E-state index < -0.39 is 0 Å². The molecule has 1 saturated carbocycles. The number of hydrogen-bond acceptors (Lipinski definition) is 3. The predicted molar refractivity (Wildman–Crippen MR) is 69.7 cm³/mol. The molecule has 1 heterocycles. The highest BCUT2D eigenvalue weighted by molar-refractivity contribution is 5.11. The Bertz CT molecular complexity index is 358. The molecule has 1 aromatic rings.